The van der Waals surface area contributed by atoms with Crippen molar-refractivity contribution in [1.82, 2.24) is 0 Å². The third kappa shape index (κ3) is 2.81. The molecule has 0 radical (unpaired) electrons. The van der Waals surface area contributed by atoms with E-state index in [-0.39, 0.29) is 6.61 Å². The lowest BCUT2D eigenvalue weighted by Crippen LogP contribution is -1.94. The van der Waals surface area contributed by atoms with Gasteiger partial charge in [0.2, 0.25) is 0 Å². The first-order valence-corrected chi connectivity index (χ1v) is 5.66. The lowest BCUT2D eigenvalue weighted by atomic mass is 10.2. The Kier molecular flexibility index (Phi) is 3.37. The second kappa shape index (κ2) is 4.96. The van der Waals surface area contributed by atoms with Crippen LogP contribution >= 0.6 is 11.3 Å². The highest BCUT2D eigenvalue weighted by Crippen LogP contribution is 2.16. The van der Waals surface area contributed by atoms with Gasteiger partial charge in [-0.25, -0.2) is 0 Å². The number of aliphatic hydroxyl groups excluding tert-OH is 1. The van der Waals surface area contributed by atoms with Crippen molar-refractivity contribution in [3.05, 3.63) is 52.2 Å². The fraction of sp³-hybridized carbons (Fsp3) is 0.167. The van der Waals surface area contributed by atoms with Gasteiger partial charge in [-0.2, -0.15) is 11.3 Å². The van der Waals surface area contributed by atoms with Crippen LogP contribution in [0.25, 0.3) is 0 Å². The summed E-state index contributed by atoms with van der Waals surface area (Å²) >= 11 is 1.66. The van der Waals surface area contributed by atoms with Crippen LogP contribution in [0.3, 0.4) is 0 Å². The molecule has 0 unspecified atom stereocenters. The lowest BCUT2D eigenvalue weighted by Gasteiger charge is -2.05. The first-order chi connectivity index (χ1) is 7.38. The van der Waals surface area contributed by atoms with Crippen LogP contribution in [0.15, 0.2) is 41.1 Å². The zero-order valence-electron chi connectivity index (χ0n) is 8.22. The van der Waals surface area contributed by atoms with Crippen molar-refractivity contribution < 1.29 is 9.84 Å². The maximum absolute atomic E-state index is 8.96. The third-order valence-corrected chi connectivity index (χ3v) is 2.80. The summed E-state index contributed by atoms with van der Waals surface area (Å²) in [6.45, 7) is 0.633. The number of benzene rings is 1. The third-order valence-electron chi connectivity index (χ3n) is 2.07. The summed E-state index contributed by atoms with van der Waals surface area (Å²) in [5.41, 5.74) is 2.05. The van der Waals surface area contributed by atoms with Gasteiger partial charge in [0.1, 0.15) is 12.4 Å². The van der Waals surface area contributed by atoms with Crippen LogP contribution in [-0.2, 0) is 13.2 Å². The topological polar surface area (TPSA) is 29.5 Å². The molecule has 0 atom stereocenters. The molecule has 1 aromatic carbocycles. The average Bonchev–Trinajstić information content (AvgIpc) is 2.79. The molecule has 1 heterocycles. The molecule has 0 bridgehead atoms. The Hall–Kier alpha value is -1.32. The Morgan fingerprint density at radius 2 is 2.13 bits per heavy atom. The molecule has 0 amide bonds. The highest BCUT2D eigenvalue weighted by Gasteiger charge is 1.97. The molecule has 1 N–H and O–H groups in total. The van der Waals surface area contributed by atoms with E-state index in [1.54, 1.807) is 11.3 Å². The number of rotatable bonds is 4. The van der Waals surface area contributed by atoms with Crippen LogP contribution in [0, 0.1) is 0 Å². The minimum absolute atomic E-state index is 0.0512. The average molecular weight is 220 g/mol. The quantitative estimate of drug-likeness (QED) is 0.858. The molecule has 2 rings (SSSR count). The predicted molar refractivity (Wildman–Crippen MR) is 61.0 cm³/mol. The van der Waals surface area contributed by atoms with Gasteiger partial charge in [-0.15, -0.1) is 0 Å². The monoisotopic (exact) mass is 220 g/mol. The van der Waals surface area contributed by atoms with E-state index in [1.165, 1.54) is 5.56 Å². The van der Waals surface area contributed by atoms with E-state index >= 15 is 0 Å². The molecule has 15 heavy (non-hydrogen) atoms. The van der Waals surface area contributed by atoms with E-state index in [2.05, 4.69) is 5.38 Å². The summed E-state index contributed by atoms with van der Waals surface area (Å²) in [5.74, 6) is 0.799. The van der Waals surface area contributed by atoms with E-state index in [0.29, 0.717) is 6.61 Å². The smallest absolute Gasteiger partial charge is 0.120 e. The molecule has 0 aliphatic heterocycles. The van der Waals surface area contributed by atoms with E-state index in [0.717, 1.165) is 11.3 Å². The van der Waals surface area contributed by atoms with Crippen molar-refractivity contribution in [1.29, 1.82) is 0 Å². The van der Waals surface area contributed by atoms with E-state index in [4.69, 9.17) is 9.84 Å². The van der Waals surface area contributed by atoms with Gasteiger partial charge >= 0.3 is 0 Å². The van der Waals surface area contributed by atoms with Crippen LogP contribution in [0.4, 0.5) is 0 Å². The van der Waals surface area contributed by atoms with Gasteiger partial charge in [0.15, 0.2) is 0 Å². The highest BCUT2D eigenvalue weighted by atomic mass is 32.1. The van der Waals surface area contributed by atoms with Crippen LogP contribution in [-0.4, -0.2) is 5.11 Å². The summed E-state index contributed by atoms with van der Waals surface area (Å²) < 4.78 is 5.59. The number of thiophene rings is 1. The van der Waals surface area contributed by atoms with E-state index in [9.17, 15) is 0 Å². The van der Waals surface area contributed by atoms with Crippen molar-refractivity contribution in [3.63, 3.8) is 0 Å². The minimum atomic E-state index is 0.0512. The largest absolute Gasteiger partial charge is 0.489 e. The Balaban J connectivity index is 1.98. The van der Waals surface area contributed by atoms with Crippen LogP contribution in [0.2, 0.25) is 0 Å². The SMILES string of the molecule is OCc1cccc(OCc2ccsc2)c1. The molecule has 0 aliphatic carbocycles. The Labute approximate surface area is 92.8 Å². The zero-order chi connectivity index (χ0) is 10.5. The first-order valence-electron chi connectivity index (χ1n) is 4.72. The summed E-state index contributed by atoms with van der Waals surface area (Å²) in [7, 11) is 0. The number of hydrogen-bond acceptors (Lipinski definition) is 3. The van der Waals surface area contributed by atoms with Gasteiger partial charge in [0, 0.05) is 0 Å². The van der Waals surface area contributed by atoms with Crippen LogP contribution in [0.1, 0.15) is 11.1 Å². The van der Waals surface area contributed by atoms with Crippen molar-refractivity contribution in [3.8, 4) is 5.75 Å². The first kappa shape index (κ1) is 10.2. The normalized spacial score (nSPS) is 10.2. The van der Waals surface area contributed by atoms with E-state index < -0.39 is 0 Å². The summed E-state index contributed by atoms with van der Waals surface area (Å²) in [6, 6.07) is 9.55. The number of hydrogen-bond donors (Lipinski definition) is 1. The zero-order valence-corrected chi connectivity index (χ0v) is 9.04. The molecule has 1 aromatic heterocycles. The van der Waals surface area contributed by atoms with Gasteiger partial charge in [-0.05, 0) is 40.1 Å². The molecule has 0 aliphatic rings. The number of aliphatic hydroxyl groups is 1. The fourth-order valence-electron chi connectivity index (χ4n) is 1.28. The number of ether oxygens (including phenoxy) is 1. The van der Waals surface area contributed by atoms with Crippen molar-refractivity contribution in [2.45, 2.75) is 13.2 Å². The standard InChI is InChI=1S/C12H12O2S/c13-7-10-2-1-3-12(6-10)14-8-11-4-5-15-9-11/h1-6,9,13H,7-8H2. The molecule has 78 valence electrons. The molecule has 0 fully saturated rings. The maximum Gasteiger partial charge on any atom is 0.120 e. The summed E-state index contributed by atoms with van der Waals surface area (Å²) in [5, 5.41) is 13.1. The molecule has 2 nitrogen and oxygen atoms in total. The molecular weight excluding hydrogens is 208 g/mol. The Morgan fingerprint density at radius 3 is 2.87 bits per heavy atom. The highest BCUT2D eigenvalue weighted by molar-refractivity contribution is 7.07. The van der Waals surface area contributed by atoms with Crippen molar-refractivity contribution in [2.75, 3.05) is 0 Å². The van der Waals surface area contributed by atoms with Gasteiger partial charge in [0.25, 0.3) is 0 Å². The second-order valence-corrected chi connectivity index (χ2v) is 4.01. The molecule has 0 saturated heterocycles. The van der Waals surface area contributed by atoms with Crippen LogP contribution in [0.5, 0.6) is 5.75 Å². The maximum atomic E-state index is 8.96. The molecule has 2 aromatic rings. The van der Waals surface area contributed by atoms with Crippen molar-refractivity contribution >= 4 is 11.3 Å². The summed E-state index contributed by atoms with van der Waals surface area (Å²) in [6.07, 6.45) is 0. The van der Waals surface area contributed by atoms with Gasteiger partial charge in [-0.3, -0.25) is 0 Å². The Morgan fingerprint density at radius 1 is 1.20 bits per heavy atom. The van der Waals surface area contributed by atoms with Gasteiger partial charge in [-0.1, -0.05) is 12.1 Å². The van der Waals surface area contributed by atoms with Crippen LogP contribution < -0.4 is 4.74 Å². The predicted octanol–water partition coefficient (Wildman–Crippen LogP) is 2.82. The van der Waals surface area contributed by atoms with Gasteiger partial charge < -0.3 is 9.84 Å². The Bertz CT molecular complexity index is 409. The molecular formula is C12H12O2S. The minimum Gasteiger partial charge on any atom is -0.489 e. The molecule has 0 spiro atoms. The van der Waals surface area contributed by atoms with Gasteiger partial charge in [0.05, 0.1) is 6.61 Å². The lowest BCUT2D eigenvalue weighted by molar-refractivity contribution is 0.278. The van der Waals surface area contributed by atoms with E-state index in [1.807, 2.05) is 35.7 Å². The summed E-state index contributed by atoms with van der Waals surface area (Å²) in [4.78, 5) is 0. The fourth-order valence-corrected chi connectivity index (χ4v) is 1.93. The second-order valence-electron chi connectivity index (χ2n) is 3.23. The molecule has 3 heteroatoms. The van der Waals surface area contributed by atoms with Crippen molar-refractivity contribution in [2.24, 2.45) is 0 Å². The molecule has 0 saturated carbocycles.